The maximum Gasteiger partial charge on any atom is 0.233 e. The zero-order valence-electron chi connectivity index (χ0n) is 13.5. The quantitative estimate of drug-likeness (QED) is 0.596. The molecule has 6 rings (SSSR count). The maximum atomic E-state index is 13.2. The highest BCUT2D eigenvalue weighted by atomic mass is 35.5. The molecule has 1 aliphatic heterocycles. The molecule has 127 valence electrons. The smallest absolute Gasteiger partial charge is 0.233 e. The van der Waals surface area contributed by atoms with Gasteiger partial charge >= 0.3 is 0 Å². The van der Waals surface area contributed by atoms with Crippen molar-refractivity contribution < 1.29 is 9.59 Å². The summed E-state index contributed by atoms with van der Waals surface area (Å²) < 4.78 is 0. The molecule has 2 aromatic carbocycles. The summed E-state index contributed by atoms with van der Waals surface area (Å²) in [4.78, 5) is 26.6. The van der Waals surface area contributed by atoms with Crippen LogP contribution in [0.25, 0.3) is 10.8 Å². The number of benzene rings is 2. The molecule has 2 bridgehead atoms. The topological polar surface area (TPSA) is 37.4 Å². The highest BCUT2D eigenvalue weighted by Gasteiger charge is 2.75. The van der Waals surface area contributed by atoms with Gasteiger partial charge in [0.15, 0.2) is 0 Å². The maximum absolute atomic E-state index is 13.2. The summed E-state index contributed by atoms with van der Waals surface area (Å²) in [5, 5.41) is 1.87. The summed E-state index contributed by atoms with van der Waals surface area (Å²) in [5.41, 5.74) is 1.24. The third-order valence-electron chi connectivity index (χ3n) is 6.29. The van der Waals surface area contributed by atoms with E-state index in [-0.39, 0.29) is 17.1 Å². The number of nitrogens with zero attached hydrogens (tertiary/aromatic N) is 1. The molecule has 1 heterocycles. The van der Waals surface area contributed by atoms with E-state index in [4.69, 9.17) is 23.2 Å². The van der Waals surface area contributed by atoms with Gasteiger partial charge in [-0.15, -0.1) is 11.6 Å². The van der Waals surface area contributed by atoms with Gasteiger partial charge in [-0.25, -0.2) is 0 Å². The summed E-state index contributed by atoms with van der Waals surface area (Å²) in [5.74, 6) is 0.711. The van der Waals surface area contributed by atoms with Crippen LogP contribution in [0.1, 0.15) is 30.7 Å². The van der Waals surface area contributed by atoms with Crippen LogP contribution in [0, 0.1) is 16.9 Å². The van der Waals surface area contributed by atoms with Crippen LogP contribution in [-0.4, -0.2) is 23.6 Å². The van der Waals surface area contributed by atoms with Crippen LogP contribution in [0.3, 0.4) is 0 Å². The minimum absolute atomic E-state index is 0.116. The van der Waals surface area contributed by atoms with Gasteiger partial charge in [0, 0.05) is 29.4 Å². The number of hydrogen-bond acceptors (Lipinski definition) is 2. The first-order valence-electron chi connectivity index (χ1n) is 8.51. The highest BCUT2D eigenvalue weighted by molar-refractivity contribution is 6.65. The zero-order valence-corrected chi connectivity index (χ0v) is 15.0. The molecule has 2 aromatic rings. The SMILES string of the molecule is O=C(Cl)C12CC(C(=O)N3C[C@@H](CCl)c4c3c[c]c3ccccc43)(C1)C2. The van der Waals surface area contributed by atoms with E-state index >= 15 is 0 Å². The Bertz CT molecular complexity index is 919. The lowest BCUT2D eigenvalue weighted by atomic mass is 9.35. The van der Waals surface area contributed by atoms with Crippen LogP contribution in [0.15, 0.2) is 30.3 Å². The van der Waals surface area contributed by atoms with Crippen LogP contribution < -0.4 is 4.90 Å². The number of anilines is 1. The third-order valence-corrected chi connectivity index (χ3v) is 7.07. The van der Waals surface area contributed by atoms with E-state index in [2.05, 4.69) is 12.1 Å². The number of carbonyl (C=O) groups excluding carboxylic acids is 2. The van der Waals surface area contributed by atoms with Crippen LogP contribution in [0.5, 0.6) is 0 Å². The number of alkyl halides is 1. The second kappa shape index (κ2) is 4.99. The Hall–Kier alpha value is -1.58. The average Bonchev–Trinajstić information content (AvgIpc) is 2.91. The predicted molar refractivity (Wildman–Crippen MR) is 98.2 cm³/mol. The lowest BCUT2D eigenvalue weighted by molar-refractivity contribution is -0.199. The van der Waals surface area contributed by atoms with Crippen molar-refractivity contribution in [3.05, 3.63) is 42.0 Å². The Morgan fingerprint density at radius 2 is 1.92 bits per heavy atom. The van der Waals surface area contributed by atoms with Gasteiger partial charge in [-0.3, -0.25) is 9.59 Å². The number of hydrogen-bond donors (Lipinski definition) is 0. The van der Waals surface area contributed by atoms with Gasteiger partial charge in [0.25, 0.3) is 0 Å². The first kappa shape index (κ1) is 15.7. The van der Waals surface area contributed by atoms with Gasteiger partial charge in [-0.1, -0.05) is 24.3 Å². The molecule has 4 aliphatic rings. The summed E-state index contributed by atoms with van der Waals surface area (Å²) >= 11 is 11.9. The van der Waals surface area contributed by atoms with Crippen molar-refractivity contribution in [3.8, 4) is 0 Å². The third kappa shape index (κ3) is 1.89. The van der Waals surface area contributed by atoms with Crippen molar-refractivity contribution >= 4 is 50.8 Å². The van der Waals surface area contributed by atoms with E-state index in [1.165, 1.54) is 0 Å². The number of halogens is 2. The Morgan fingerprint density at radius 3 is 2.60 bits per heavy atom. The largest absolute Gasteiger partial charge is 0.311 e. The Morgan fingerprint density at radius 1 is 1.20 bits per heavy atom. The molecule has 0 saturated heterocycles. The minimum Gasteiger partial charge on any atom is -0.311 e. The minimum atomic E-state index is -0.429. The molecule has 5 heteroatoms. The van der Waals surface area contributed by atoms with Crippen LogP contribution in [0.4, 0.5) is 5.69 Å². The molecule has 0 N–H and O–H groups in total. The summed E-state index contributed by atoms with van der Waals surface area (Å²) in [6, 6.07) is 13.3. The normalized spacial score (nSPS) is 32.1. The molecule has 3 saturated carbocycles. The molecule has 0 aromatic heterocycles. The fourth-order valence-electron chi connectivity index (χ4n) is 5.10. The van der Waals surface area contributed by atoms with Crippen LogP contribution in [0.2, 0.25) is 0 Å². The van der Waals surface area contributed by atoms with E-state index in [1.807, 2.05) is 29.2 Å². The number of fused-ring (bicyclic) bond motifs is 3. The standard InChI is InChI=1S/C20H16Cl2NO2/c21-7-13-8-23(18(25)20-9-19(10-20,11-20)17(22)24)15-6-5-12-3-1-2-4-14(12)16(13)15/h1-4,6,13H,7-11H2/t13-,19?,20?/m1/s1. The lowest BCUT2D eigenvalue weighted by Gasteiger charge is -2.67. The number of amides is 1. The average molecular weight is 373 g/mol. The van der Waals surface area contributed by atoms with E-state index in [1.54, 1.807) is 0 Å². The van der Waals surface area contributed by atoms with Crippen molar-refractivity contribution in [1.29, 1.82) is 0 Å². The summed E-state index contributed by atoms with van der Waals surface area (Å²) in [7, 11) is 0. The number of carbonyl (C=O) groups is 2. The molecule has 1 radical (unpaired) electrons. The Labute approximate surface area is 155 Å². The summed E-state index contributed by atoms with van der Waals surface area (Å²) in [6.45, 7) is 0.600. The number of rotatable bonds is 3. The fourth-order valence-corrected chi connectivity index (χ4v) is 5.55. The molecule has 0 unspecified atom stereocenters. The second-order valence-electron chi connectivity index (χ2n) is 7.76. The summed E-state index contributed by atoms with van der Waals surface area (Å²) in [6.07, 6.45) is 1.78. The molecule has 3 nitrogen and oxygen atoms in total. The van der Waals surface area contributed by atoms with Crippen molar-refractivity contribution in [1.82, 2.24) is 0 Å². The zero-order chi connectivity index (χ0) is 17.4. The first-order chi connectivity index (χ1) is 12.0. The molecule has 3 fully saturated rings. The second-order valence-corrected chi connectivity index (χ2v) is 8.42. The van der Waals surface area contributed by atoms with Gasteiger partial charge < -0.3 is 4.90 Å². The molecular weight excluding hydrogens is 357 g/mol. The molecule has 0 spiro atoms. The van der Waals surface area contributed by atoms with Crippen molar-refractivity contribution in [2.75, 3.05) is 17.3 Å². The van der Waals surface area contributed by atoms with Crippen molar-refractivity contribution in [2.24, 2.45) is 10.8 Å². The van der Waals surface area contributed by atoms with Gasteiger partial charge in [0.2, 0.25) is 11.1 Å². The highest BCUT2D eigenvalue weighted by Crippen LogP contribution is 2.74. The molecular formula is C20H16Cl2NO2. The van der Waals surface area contributed by atoms with E-state index in [0.717, 1.165) is 22.0 Å². The van der Waals surface area contributed by atoms with Crippen LogP contribution >= 0.6 is 23.2 Å². The predicted octanol–water partition coefficient (Wildman–Crippen LogP) is 4.24. The van der Waals surface area contributed by atoms with Gasteiger partial charge in [0.05, 0.1) is 5.41 Å². The molecule has 1 atom stereocenters. The van der Waals surface area contributed by atoms with Gasteiger partial charge in [-0.05, 0) is 59.3 Å². The van der Waals surface area contributed by atoms with E-state index < -0.39 is 10.8 Å². The lowest BCUT2D eigenvalue weighted by Crippen LogP contribution is -2.70. The monoisotopic (exact) mass is 372 g/mol. The molecule has 3 aliphatic carbocycles. The first-order valence-corrected chi connectivity index (χ1v) is 9.42. The Balaban J connectivity index is 1.53. The van der Waals surface area contributed by atoms with Gasteiger partial charge in [-0.2, -0.15) is 0 Å². The van der Waals surface area contributed by atoms with E-state index in [9.17, 15) is 9.59 Å². The van der Waals surface area contributed by atoms with Crippen molar-refractivity contribution in [3.63, 3.8) is 0 Å². The van der Waals surface area contributed by atoms with Crippen molar-refractivity contribution in [2.45, 2.75) is 25.2 Å². The van der Waals surface area contributed by atoms with E-state index in [0.29, 0.717) is 31.7 Å². The van der Waals surface area contributed by atoms with Gasteiger partial charge in [0.1, 0.15) is 0 Å². The molecule has 1 amide bonds. The fraction of sp³-hybridized carbons (Fsp3) is 0.400. The van der Waals surface area contributed by atoms with Crippen LogP contribution in [-0.2, 0) is 9.59 Å². The Kier molecular flexibility index (Phi) is 3.12. The molecule has 25 heavy (non-hydrogen) atoms.